The minimum atomic E-state index is -0.403. The Morgan fingerprint density at radius 3 is 2.71 bits per heavy atom. The molecule has 0 spiro atoms. The minimum absolute atomic E-state index is 0.00413. The molecule has 1 aromatic carbocycles. The molecule has 0 heterocycles. The summed E-state index contributed by atoms with van der Waals surface area (Å²) in [6.45, 7) is 1.19. The van der Waals surface area contributed by atoms with Crippen molar-refractivity contribution < 1.29 is 9.53 Å². The first kappa shape index (κ1) is 18.1. The summed E-state index contributed by atoms with van der Waals surface area (Å²) in [4.78, 5) is 13.7. The Morgan fingerprint density at radius 2 is 2.10 bits per heavy atom. The molecule has 1 atom stereocenters. The molecule has 1 rings (SSSR count). The van der Waals surface area contributed by atoms with Crippen molar-refractivity contribution in [2.24, 2.45) is 5.73 Å². The number of thioether (sulfide) groups is 1. The van der Waals surface area contributed by atoms with Crippen molar-refractivity contribution >= 4 is 29.3 Å². The van der Waals surface area contributed by atoms with E-state index in [2.05, 4.69) is 0 Å². The number of nitrogens with two attached hydrogens (primary N) is 1. The monoisotopic (exact) mass is 330 g/mol. The van der Waals surface area contributed by atoms with Crippen molar-refractivity contribution in [3.8, 4) is 5.75 Å². The maximum atomic E-state index is 12.0. The standard InChI is InChI=1S/C15H23ClN2O2S/c1-18(15(19)14(17)8-11-21-2)9-3-10-20-13-6-4-12(16)5-7-13/h4-7,14H,3,8-11,17H2,1-2H3/t14-/m0/s1. The van der Waals surface area contributed by atoms with E-state index in [1.807, 2.05) is 18.4 Å². The van der Waals surface area contributed by atoms with Gasteiger partial charge in [-0.2, -0.15) is 11.8 Å². The van der Waals surface area contributed by atoms with Crippen LogP contribution in [0.15, 0.2) is 24.3 Å². The van der Waals surface area contributed by atoms with E-state index in [0.717, 1.165) is 17.9 Å². The van der Waals surface area contributed by atoms with Crippen molar-refractivity contribution in [2.45, 2.75) is 18.9 Å². The van der Waals surface area contributed by atoms with Crippen LogP contribution in [-0.2, 0) is 4.79 Å². The molecule has 1 aromatic rings. The molecule has 0 unspecified atom stereocenters. The Bertz CT molecular complexity index is 428. The van der Waals surface area contributed by atoms with E-state index in [9.17, 15) is 4.79 Å². The number of rotatable bonds is 9. The predicted molar refractivity (Wildman–Crippen MR) is 90.2 cm³/mol. The summed E-state index contributed by atoms with van der Waals surface area (Å²) < 4.78 is 5.59. The molecule has 0 bridgehead atoms. The van der Waals surface area contributed by atoms with Crippen LogP contribution in [-0.4, -0.2) is 49.1 Å². The fourth-order valence-corrected chi connectivity index (χ4v) is 2.40. The van der Waals surface area contributed by atoms with Crippen LogP contribution in [0.1, 0.15) is 12.8 Å². The smallest absolute Gasteiger partial charge is 0.239 e. The van der Waals surface area contributed by atoms with Gasteiger partial charge in [0.25, 0.3) is 0 Å². The molecule has 0 saturated heterocycles. The first-order chi connectivity index (χ1) is 10.0. The Morgan fingerprint density at radius 1 is 1.43 bits per heavy atom. The third-order valence-electron chi connectivity index (χ3n) is 3.05. The Labute approximate surface area is 136 Å². The van der Waals surface area contributed by atoms with E-state index >= 15 is 0 Å². The number of hydrogen-bond acceptors (Lipinski definition) is 4. The largest absolute Gasteiger partial charge is 0.494 e. The second-order valence-electron chi connectivity index (χ2n) is 4.80. The van der Waals surface area contributed by atoms with Gasteiger partial charge in [-0.3, -0.25) is 4.79 Å². The topological polar surface area (TPSA) is 55.6 Å². The summed E-state index contributed by atoms with van der Waals surface area (Å²) >= 11 is 7.50. The molecule has 0 radical (unpaired) electrons. The maximum absolute atomic E-state index is 12.0. The molecular weight excluding hydrogens is 308 g/mol. The fraction of sp³-hybridized carbons (Fsp3) is 0.533. The van der Waals surface area contributed by atoms with Gasteiger partial charge in [-0.15, -0.1) is 0 Å². The molecule has 0 saturated carbocycles. The minimum Gasteiger partial charge on any atom is -0.494 e. The SMILES string of the molecule is CSCC[C@H](N)C(=O)N(C)CCCOc1ccc(Cl)cc1. The molecule has 0 fully saturated rings. The third-order valence-corrected chi connectivity index (χ3v) is 3.94. The Kier molecular flexibility index (Phi) is 8.57. The molecule has 0 aliphatic rings. The highest BCUT2D eigenvalue weighted by Crippen LogP contribution is 2.15. The van der Waals surface area contributed by atoms with Crippen LogP contribution in [0.25, 0.3) is 0 Å². The molecule has 0 aromatic heterocycles. The summed E-state index contributed by atoms with van der Waals surface area (Å²) in [5.41, 5.74) is 5.87. The van der Waals surface area contributed by atoms with Gasteiger partial charge in [-0.1, -0.05) is 11.6 Å². The lowest BCUT2D eigenvalue weighted by Gasteiger charge is -2.21. The fourth-order valence-electron chi connectivity index (χ4n) is 1.78. The highest BCUT2D eigenvalue weighted by Gasteiger charge is 2.16. The summed E-state index contributed by atoms with van der Waals surface area (Å²) in [7, 11) is 1.78. The van der Waals surface area contributed by atoms with Gasteiger partial charge in [0, 0.05) is 18.6 Å². The molecule has 0 aliphatic heterocycles. The number of carbonyl (C=O) groups excluding carboxylic acids is 1. The highest BCUT2D eigenvalue weighted by atomic mass is 35.5. The van der Waals surface area contributed by atoms with Crippen molar-refractivity contribution in [3.05, 3.63) is 29.3 Å². The van der Waals surface area contributed by atoms with Crippen LogP contribution in [0.2, 0.25) is 5.02 Å². The van der Waals surface area contributed by atoms with Gasteiger partial charge in [-0.25, -0.2) is 0 Å². The normalized spacial score (nSPS) is 12.0. The molecule has 118 valence electrons. The quantitative estimate of drug-likeness (QED) is 0.707. The number of hydrogen-bond donors (Lipinski definition) is 1. The van der Waals surface area contributed by atoms with Gasteiger partial charge in [-0.05, 0) is 49.1 Å². The van der Waals surface area contributed by atoms with Crippen LogP contribution >= 0.6 is 23.4 Å². The number of amides is 1. The Hall–Kier alpha value is -0.910. The summed E-state index contributed by atoms with van der Waals surface area (Å²) in [5, 5.41) is 0.687. The van der Waals surface area contributed by atoms with Gasteiger partial charge in [0.2, 0.25) is 5.91 Å². The van der Waals surface area contributed by atoms with E-state index in [1.54, 1.807) is 35.8 Å². The predicted octanol–water partition coefficient (Wildman–Crippen LogP) is 2.65. The van der Waals surface area contributed by atoms with E-state index in [0.29, 0.717) is 24.6 Å². The van der Waals surface area contributed by atoms with Gasteiger partial charge < -0.3 is 15.4 Å². The third kappa shape index (κ3) is 7.07. The van der Waals surface area contributed by atoms with Crippen LogP contribution in [0.5, 0.6) is 5.75 Å². The lowest BCUT2D eigenvalue weighted by molar-refractivity contribution is -0.131. The van der Waals surface area contributed by atoms with Crippen molar-refractivity contribution in [3.63, 3.8) is 0 Å². The number of likely N-dealkylation sites (N-methyl/N-ethyl adjacent to an activating group) is 1. The van der Waals surface area contributed by atoms with Crippen LogP contribution in [0.3, 0.4) is 0 Å². The van der Waals surface area contributed by atoms with Crippen molar-refractivity contribution in [1.29, 1.82) is 0 Å². The summed E-state index contributed by atoms with van der Waals surface area (Å²) in [6.07, 6.45) is 3.49. The van der Waals surface area contributed by atoms with E-state index < -0.39 is 6.04 Å². The number of benzene rings is 1. The van der Waals surface area contributed by atoms with Crippen LogP contribution < -0.4 is 10.5 Å². The van der Waals surface area contributed by atoms with Gasteiger partial charge in [0.15, 0.2) is 0 Å². The van der Waals surface area contributed by atoms with Crippen LogP contribution in [0.4, 0.5) is 0 Å². The zero-order chi connectivity index (χ0) is 15.7. The van der Waals surface area contributed by atoms with Crippen molar-refractivity contribution in [2.75, 3.05) is 32.2 Å². The molecule has 1 amide bonds. The molecule has 0 aliphatic carbocycles. The molecule has 21 heavy (non-hydrogen) atoms. The second kappa shape index (κ2) is 9.92. The number of ether oxygens (including phenoxy) is 1. The molecule has 6 heteroatoms. The summed E-state index contributed by atoms with van der Waals surface area (Å²) in [6, 6.07) is 6.83. The first-order valence-corrected chi connectivity index (χ1v) is 8.69. The van der Waals surface area contributed by atoms with Gasteiger partial charge in [0.05, 0.1) is 12.6 Å². The average Bonchev–Trinajstić information content (AvgIpc) is 2.49. The summed E-state index contributed by atoms with van der Waals surface area (Å²) in [5.74, 6) is 1.68. The van der Waals surface area contributed by atoms with E-state index in [4.69, 9.17) is 22.1 Å². The zero-order valence-electron chi connectivity index (χ0n) is 12.5. The average molecular weight is 331 g/mol. The highest BCUT2D eigenvalue weighted by molar-refractivity contribution is 7.98. The lowest BCUT2D eigenvalue weighted by atomic mass is 10.2. The maximum Gasteiger partial charge on any atom is 0.239 e. The second-order valence-corrected chi connectivity index (χ2v) is 6.23. The van der Waals surface area contributed by atoms with Crippen molar-refractivity contribution in [1.82, 2.24) is 4.90 Å². The number of halogens is 1. The van der Waals surface area contributed by atoms with E-state index in [-0.39, 0.29) is 5.91 Å². The van der Waals surface area contributed by atoms with Gasteiger partial charge in [0.1, 0.15) is 5.75 Å². The molecular formula is C15H23ClN2O2S. The zero-order valence-corrected chi connectivity index (χ0v) is 14.1. The molecule has 2 N–H and O–H groups in total. The van der Waals surface area contributed by atoms with Gasteiger partial charge >= 0.3 is 0 Å². The number of carbonyl (C=O) groups is 1. The molecule has 4 nitrogen and oxygen atoms in total. The van der Waals surface area contributed by atoms with Crippen LogP contribution in [0, 0.1) is 0 Å². The lowest BCUT2D eigenvalue weighted by Crippen LogP contribution is -2.42. The first-order valence-electron chi connectivity index (χ1n) is 6.92. The van der Waals surface area contributed by atoms with E-state index in [1.165, 1.54) is 0 Å². The Balaban J connectivity index is 2.22. The number of nitrogens with zero attached hydrogens (tertiary/aromatic N) is 1.